The summed E-state index contributed by atoms with van der Waals surface area (Å²) in [5.74, 6) is 0.985. The first-order valence-electron chi connectivity index (χ1n) is 6.01. The summed E-state index contributed by atoms with van der Waals surface area (Å²) in [5.41, 5.74) is 3.33. The lowest BCUT2D eigenvalue weighted by Gasteiger charge is -2.11. The summed E-state index contributed by atoms with van der Waals surface area (Å²) < 4.78 is 30.4. The zero-order chi connectivity index (χ0) is 13.8. The van der Waals surface area contributed by atoms with Gasteiger partial charge in [0.2, 0.25) is 10.0 Å². The Hall–Kier alpha value is -1.07. The van der Waals surface area contributed by atoms with Crippen LogP contribution in [0.25, 0.3) is 0 Å². The van der Waals surface area contributed by atoms with Gasteiger partial charge in [-0.05, 0) is 49.9 Å². The van der Waals surface area contributed by atoms with E-state index in [9.17, 15) is 8.42 Å². The largest absolute Gasteiger partial charge is 0.496 e. The average Bonchev–Trinajstić information content (AvgIpc) is 2.33. The van der Waals surface area contributed by atoms with E-state index in [0.29, 0.717) is 13.0 Å². The van der Waals surface area contributed by atoms with E-state index in [1.807, 2.05) is 19.9 Å². The van der Waals surface area contributed by atoms with Gasteiger partial charge in [0, 0.05) is 6.54 Å². The Balaban J connectivity index is 2.72. The summed E-state index contributed by atoms with van der Waals surface area (Å²) >= 11 is 0. The quantitative estimate of drug-likeness (QED) is 0.858. The van der Waals surface area contributed by atoms with Crippen molar-refractivity contribution in [2.45, 2.75) is 27.2 Å². The van der Waals surface area contributed by atoms with Crippen LogP contribution < -0.4 is 9.46 Å². The first-order valence-corrected chi connectivity index (χ1v) is 7.66. The fourth-order valence-corrected chi connectivity index (χ4v) is 2.40. The second kappa shape index (κ2) is 6.20. The highest BCUT2D eigenvalue weighted by atomic mass is 32.2. The van der Waals surface area contributed by atoms with Crippen molar-refractivity contribution in [3.63, 3.8) is 0 Å². The van der Waals surface area contributed by atoms with Gasteiger partial charge in [0.1, 0.15) is 5.75 Å². The third kappa shape index (κ3) is 3.99. The van der Waals surface area contributed by atoms with Crippen molar-refractivity contribution >= 4 is 10.0 Å². The van der Waals surface area contributed by atoms with E-state index in [2.05, 4.69) is 10.8 Å². The van der Waals surface area contributed by atoms with Crippen molar-refractivity contribution in [2.24, 2.45) is 0 Å². The number of methoxy groups -OCH3 is 1. The molecule has 1 aromatic carbocycles. The van der Waals surface area contributed by atoms with Crippen molar-refractivity contribution in [3.8, 4) is 5.75 Å². The van der Waals surface area contributed by atoms with Crippen molar-refractivity contribution < 1.29 is 13.2 Å². The highest BCUT2D eigenvalue weighted by Crippen LogP contribution is 2.22. The lowest BCUT2D eigenvalue weighted by Crippen LogP contribution is -2.27. The summed E-state index contributed by atoms with van der Waals surface area (Å²) in [4.78, 5) is 0. The molecule has 0 aliphatic rings. The van der Waals surface area contributed by atoms with Crippen molar-refractivity contribution in [1.82, 2.24) is 4.72 Å². The van der Waals surface area contributed by atoms with Crippen molar-refractivity contribution in [1.29, 1.82) is 0 Å². The molecule has 18 heavy (non-hydrogen) atoms. The molecule has 5 heteroatoms. The summed E-state index contributed by atoms with van der Waals surface area (Å²) in [6.07, 6.45) is 0.690. The van der Waals surface area contributed by atoms with Crippen molar-refractivity contribution in [2.75, 3.05) is 19.4 Å². The molecule has 1 aromatic rings. The van der Waals surface area contributed by atoms with Crippen molar-refractivity contribution in [3.05, 3.63) is 28.8 Å². The van der Waals surface area contributed by atoms with Crippen LogP contribution in [0.5, 0.6) is 5.75 Å². The molecule has 4 nitrogen and oxygen atoms in total. The Bertz CT molecular complexity index is 509. The van der Waals surface area contributed by atoms with E-state index in [0.717, 1.165) is 22.4 Å². The van der Waals surface area contributed by atoms with Gasteiger partial charge >= 0.3 is 0 Å². The van der Waals surface area contributed by atoms with Gasteiger partial charge in [-0.2, -0.15) is 0 Å². The lowest BCUT2D eigenvalue weighted by atomic mass is 10.0. The van der Waals surface area contributed by atoms with Gasteiger partial charge in [0.15, 0.2) is 0 Å². The molecule has 0 fully saturated rings. The van der Waals surface area contributed by atoms with Gasteiger partial charge in [-0.15, -0.1) is 0 Å². The fourth-order valence-electron chi connectivity index (χ4n) is 1.78. The standard InChI is InChI=1S/C13H21NO3S/c1-5-18(15,16)14-7-6-12-8-11(3)13(17-4)9-10(12)2/h8-9,14H,5-7H2,1-4H3. The predicted octanol–water partition coefficient (Wildman–Crippen LogP) is 1.79. The van der Waals surface area contributed by atoms with Crippen LogP contribution in [0.3, 0.4) is 0 Å². The second-order valence-corrected chi connectivity index (χ2v) is 6.39. The summed E-state index contributed by atoms with van der Waals surface area (Å²) in [7, 11) is -1.45. The highest BCUT2D eigenvalue weighted by Gasteiger charge is 2.08. The van der Waals surface area contributed by atoms with E-state index in [-0.39, 0.29) is 5.75 Å². The monoisotopic (exact) mass is 271 g/mol. The van der Waals surface area contributed by atoms with Crippen LogP contribution >= 0.6 is 0 Å². The van der Waals surface area contributed by atoms with E-state index >= 15 is 0 Å². The minimum Gasteiger partial charge on any atom is -0.496 e. The smallest absolute Gasteiger partial charge is 0.211 e. The average molecular weight is 271 g/mol. The third-order valence-electron chi connectivity index (χ3n) is 2.95. The molecule has 0 unspecified atom stereocenters. The lowest BCUT2D eigenvalue weighted by molar-refractivity contribution is 0.411. The molecule has 102 valence electrons. The van der Waals surface area contributed by atoms with Crippen LogP contribution in [0.1, 0.15) is 23.6 Å². The molecule has 0 aromatic heterocycles. The van der Waals surface area contributed by atoms with Gasteiger partial charge in [-0.1, -0.05) is 6.07 Å². The zero-order valence-corrected chi connectivity index (χ0v) is 12.2. The number of aryl methyl sites for hydroxylation is 2. The van der Waals surface area contributed by atoms with Crippen LogP contribution in [0.2, 0.25) is 0 Å². The molecule has 0 aliphatic heterocycles. The van der Waals surface area contributed by atoms with Gasteiger partial charge in [-0.3, -0.25) is 0 Å². The molecule has 0 saturated heterocycles. The Morgan fingerprint density at radius 1 is 1.22 bits per heavy atom. The maximum Gasteiger partial charge on any atom is 0.211 e. The highest BCUT2D eigenvalue weighted by molar-refractivity contribution is 7.89. The summed E-state index contributed by atoms with van der Waals surface area (Å²) in [6, 6.07) is 4.04. The van der Waals surface area contributed by atoms with Crippen LogP contribution in [0.4, 0.5) is 0 Å². The van der Waals surface area contributed by atoms with E-state index < -0.39 is 10.0 Å². The Morgan fingerprint density at radius 3 is 2.44 bits per heavy atom. The van der Waals surface area contributed by atoms with Gasteiger partial charge in [-0.25, -0.2) is 13.1 Å². The molecule has 0 atom stereocenters. The Labute approximate surface area is 109 Å². The number of ether oxygens (including phenoxy) is 1. The fraction of sp³-hybridized carbons (Fsp3) is 0.538. The van der Waals surface area contributed by atoms with E-state index in [1.165, 1.54) is 0 Å². The number of nitrogens with one attached hydrogen (secondary N) is 1. The van der Waals surface area contributed by atoms with Crippen LogP contribution in [0, 0.1) is 13.8 Å². The van der Waals surface area contributed by atoms with Gasteiger partial charge < -0.3 is 4.74 Å². The number of hydrogen-bond acceptors (Lipinski definition) is 3. The maximum atomic E-state index is 11.3. The normalized spacial score (nSPS) is 11.6. The second-order valence-electron chi connectivity index (χ2n) is 4.30. The molecular weight excluding hydrogens is 250 g/mol. The first-order chi connectivity index (χ1) is 8.39. The zero-order valence-electron chi connectivity index (χ0n) is 11.4. The molecule has 0 aliphatic carbocycles. The van der Waals surface area contributed by atoms with Crippen LogP contribution in [0.15, 0.2) is 12.1 Å². The maximum absolute atomic E-state index is 11.3. The Morgan fingerprint density at radius 2 is 1.89 bits per heavy atom. The molecule has 1 rings (SSSR count). The van der Waals surface area contributed by atoms with Gasteiger partial charge in [0.05, 0.1) is 12.9 Å². The molecule has 1 N–H and O–H groups in total. The number of benzene rings is 1. The summed E-state index contributed by atoms with van der Waals surface area (Å²) in [6.45, 7) is 6.05. The van der Waals surface area contributed by atoms with Gasteiger partial charge in [0.25, 0.3) is 0 Å². The van der Waals surface area contributed by atoms with E-state index in [1.54, 1.807) is 14.0 Å². The minimum atomic E-state index is -3.10. The summed E-state index contributed by atoms with van der Waals surface area (Å²) in [5, 5.41) is 0. The topological polar surface area (TPSA) is 55.4 Å². The molecule has 0 saturated carbocycles. The Kier molecular flexibility index (Phi) is 5.16. The molecular formula is C13H21NO3S. The first kappa shape index (κ1) is 15.0. The number of sulfonamides is 1. The number of hydrogen-bond donors (Lipinski definition) is 1. The molecule has 0 amide bonds. The number of rotatable bonds is 6. The molecule has 0 bridgehead atoms. The van der Waals surface area contributed by atoms with Crippen LogP contribution in [-0.2, 0) is 16.4 Å². The van der Waals surface area contributed by atoms with E-state index in [4.69, 9.17) is 4.74 Å². The molecule has 0 radical (unpaired) electrons. The minimum absolute atomic E-state index is 0.119. The molecule has 0 heterocycles. The predicted molar refractivity (Wildman–Crippen MR) is 73.6 cm³/mol. The SMILES string of the molecule is CCS(=O)(=O)NCCc1cc(C)c(OC)cc1C. The third-order valence-corrected chi connectivity index (χ3v) is 4.35. The van der Waals surface area contributed by atoms with Crippen LogP contribution in [-0.4, -0.2) is 27.8 Å². The molecule has 0 spiro atoms.